The van der Waals surface area contributed by atoms with Gasteiger partial charge in [-0.15, -0.1) is 0 Å². The molecule has 12 heavy (non-hydrogen) atoms. The van der Waals surface area contributed by atoms with E-state index in [-0.39, 0.29) is 36.9 Å². The maximum atomic E-state index is 8.25. The third kappa shape index (κ3) is 504. The molecule has 6 N–H and O–H groups in total. The molecule has 12 heteroatoms. The largest absolute Gasteiger partial charge is 2.00 e. The predicted octanol–water partition coefficient (Wildman–Crippen LogP) is -2.95. The van der Waals surface area contributed by atoms with E-state index in [1.54, 1.807) is 0 Å². The summed E-state index contributed by atoms with van der Waals surface area (Å²) in [4.78, 5) is 16.5. The Hall–Kier alpha value is -1.06. The van der Waals surface area contributed by atoms with Gasteiger partial charge >= 0.3 is 20.4 Å². The van der Waals surface area contributed by atoms with E-state index < -0.39 is 10.2 Å². The van der Waals surface area contributed by atoms with Crippen LogP contribution in [0.3, 0.4) is 0 Å². The number of rotatable bonds is 0. The predicted molar refractivity (Wildman–Crippen MR) is 31.6 cm³/mol. The molecule has 0 radical (unpaired) electrons. The van der Waals surface area contributed by atoms with Crippen LogP contribution in [0.5, 0.6) is 0 Å². The van der Waals surface area contributed by atoms with Gasteiger partial charge in [-0.1, -0.05) is 0 Å². The Morgan fingerprint density at radius 1 is 0.667 bits per heavy atom. The summed E-state index contributed by atoms with van der Waals surface area (Å²) in [5.41, 5.74) is 0. The van der Waals surface area contributed by atoms with Crippen molar-refractivity contribution in [1.29, 1.82) is 0 Å². The molecule has 0 aromatic heterocycles. The molecule has 0 amide bonds. The zero-order valence-electron chi connectivity index (χ0n) is 5.16. The van der Waals surface area contributed by atoms with Crippen LogP contribution in [0.4, 0.5) is 0 Å². The van der Waals surface area contributed by atoms with Crippen molar-refractivity contribution in [1.82, 2.24) is 0 Å². The van der Waals surface area contributed by atoms with Gasteiger partial charge in [0.25, 0.3) is 0 Å². The van der Waals surface area contributed by atoms with Crippen LogP contribution < -0.4 is 0 Å². The van der Waals surface area contributed by atoms with Crippen LogP contribution in [0.2, 0.25) is 0 Å². The molecule has 0 unspecified atom stereocenters. The minimum atomic E-state index is -1.75. The monoisotopic (exact) mass is 284 g/mol. The maximum Gasteiger partial charge on any atom is 2.00 e. The molecule has 0 aromatic rings. The van der Waals surface area contributed by atoms with Crippen LogP contribution in [-0.4, -0.2) is 26.6 Å². The Labute approximate surface area is 78.4 Å². The standard InChI is InChI=1S/2NO3.3H2O.Pd/c2*2-1(3)4;;;;/h;;3*1H2;/q2*-1;;;;+2. The summed E-state index contributed by atoms with van der Waals surface area (Å²) >= 11 is 0. The molecular weight excluding hydrogens is 278 g/mol. The van der Waals surface area contributed by atoms with Crippen molar-refractivity contribution >= 4 is 0 Å². The normalized spacial score (nSPS) is 4.00. The van der Waals surface area contributed by atoms with E-state index >= 15 is 0 Å². The number of nitrogens with zero attached hydrogens (tertiary/aromatic N) is 2. The fourth-order valence-corrected chi connectivity index (χ4v) is 0. The Kier molecular flexibility index (Phi) is 120. The summed E-state index contributed by atoms with van der Waals surface area (Å²) in [6.07, 6.45) is 0. The van der Waals surface area contributed by atoms with Crippen molar-refractivity contribution < 1.29 is 47.0 Å². The molecule has 0 aromatic carbocycles. The average molecular weight is 284 g/mol. The molecule has 0 aliphatic heterocycles. The van der Waals surface area contributed by atoms with Gasteiger partial charge in [-0.2, -0.15) is 0 Å². The molecule has 0 aliphatic rings. The summed E-state index contributed by atoms with van der Waals surface area (Å²) in [7, 11) is 0. The van der Waals surface area contributed by atoms with E-state index in [9.17, 15) is 0 Å². The van der Waals surface area contributed by atoms with Crippen LogP contribution in [0, 0.1) is 30.6 Å². The zero-order chi connectivity index (χ0) is 7.15. The molecule has 11 nitrogen and oxygen atoms in total. The van der Waals surface area contributed by atoms with E-state index in [0.717, 1.165) is 0 Å². The molecule has 0 saturated heterocycles. The Balaban J connectivity index is -0.0000000112. The summed E-state index contributed by atoms with van der Waals surface area (Å²) < 4.78 is 0. The number of hydrogen-bond donors (Lipinski definition) is 0. The van der Waals surface area contributed by atoms with Crippen LogP contribution in [0.1, 0.15) is 0 Å². The van der Waals surface area contributed by atoms with Gasteiger partial charge in [0.2, 0.25) is 0 Å². The van der Waals surface area contributed by atoms with Crippen LogP contribution in [0.25, 0.3) is 0 Å². The SMILES string of the molecule is O.O.O.O=[N+]([O-])[O-].O=[N+]([O-])[O-].[Pd+2]. The van der Waals surface area contributed by atoms with Crippen molar-refractivity contribution in [3.8, 4) is 0 Å². The minimum Gasteiger partial charge on any atom is -0.412 e. The maximum absolute atomic E-state index is 8.25. The first-order chi connectivity index (χ1) is 3.46. The molecule has 0 atom stereocenters. The fourth-order valence-electron chi connectivity index (χ4n) is 0. The van der Waals surface area contributed by atoms with Crippen molar-refractivity contribution in [3.05, 3.63) is 30.6 Å². The minimum absolute atomic E-state index is 0. The molecule has 80 valence electrons. The quantitative estimate of drug-likeness (QED) is 0.256. The molecule has 0 heterocycles. The molecule has 0 spiro atoms. The van der Waals surface area contributed by atoms with Gasteiger partial charge in [0.05, 0.1) is 10.2 Å². The molecule has 0 aliphatic carbocycles. The first-order valence-electron chi connectivity index (χ1n) is 1.10. The summed E-state index contributed by atoms with van der Waals surface area (Å²) in [6, 6.07) is 0. The first kappa shape index (κ1) is 44.3. The third-order valence-electron chi connectivity index (χ3n) is 0. The smallest absolute Gasteiger partial charge is 0.412 e. The van der Waals surface area contributed by atoms with Gasteiger partial charge in [0, 0.05) is 0 Å². The van der Waals surface area contributed by atoms with Gasteiger partial charge in [0.15, 0.2) is 0 Å². The van der Waals surface area contributed by atoms with E-state index in [4.69, 9.17) is 30.6 Å². The van der Waals surface area contributed by atoms with Gasteiger partial charge in [-0.3, -0.25) is 0 Å². The summed E-state index contributed by atoms with van der Waals surface area (Å²) in [5.74, 6) is 0. The van der Waals surface area contributed by atoms with Crippen molar-refractivity contribution in [2.24, 2.45) is 0 Å². The molecular formula is H6N2O9Pd. The van der Waals surface area contributed by atoms with Gasteiger partial charge in [-0.25, -0.2) is 0 Å². The molecule has 0 saturated carbocycles. The van der Waals surface area contributed by atoms with Gasteiger partial charge in [0.1, 0.15) is 0 Å². The molecule has 0 fully saturated rings. The van der Waals surface area contributed by atoms with E-state index in [1.807, 2.05) is 0 Å². The van der Waals surface area contributed by atoms with Crippen molar-refractivity contribution in [2.45, 2.75) is 0 Å². The number of hydrogen-bond acceptors (Lipinski definition) is 6. The Bertz CT molecular complexity index is 70.5. The average Bonchev–Trinajstić information content (AvgIpc) is 1.25. The van der Waals surface area contributed by atoms with Crippen LogP contribution in [-0.2, 0) is 20.4 Å². The topological polar surface area (TPSA) is 227 Å². The fraction of sp³-hybridized carbons (Fsp3) is 0. The van der Waals surface area contributed by atoms with Crippen molar-refractivity contribution in [2.75, 3.05) is 0 Å². The first-order valence-corrected chi connectivity index (χ1v) is 1.10. The summed E-state index contributed by atoms with van der Waals surface area (Å²) in [5, 5.41) is 29.5. The van der Waals surface area contributed by atoms with Crippen LogP contribution in [0.15, 0.2) is 0 Å². The van der Waals surface area contributed by atoms with Crippen LogP contribution >= 0.6 is 0 Å². The van der Waals surface area contributed by atoms with Gasteiger partial charge < -0.3 is 47.1 Å². The molecule has 0 bridgehead atoms. The second-order valence-corrected chi connectivity index (χ2v) is 0.447. The second-order valence-electron chi connectivity index (χ2n) is 0.447. The van der Waals surface area contributed by atoms with E-state index in [0.29, 0.717) is 0 Å². The third-order valence-corrected chi connectivity index (χ3v) is 0. The molecule has 0 rings (SSSR count). The van der Waals surface area contributed by atoms with Gasteiger partial charge in [-0.05, 0) is 0 Å². The second kappa shape index (κ2) is 32.5. The Morgan fingerprint density at radius 2 is 0.667 bits per heavy atom. The van der Waals surface area contributed by atoms with E-state index in [1.165, 1.54) is 0 Å². The Morgan fingerprint density at radius 3 is 0.667 bits per heavy atom. The zero-order valence-corrected chi connectivity index (χ0v) is 6.71. The van der Waals surface area contributed by atoms with E-state index in [2.05, 4.69) is 0 Å². The summed E-state index contributed by atoms with van der Waals surface area (Å²) in [6.45, 7) is 0. The van der Waals surface area contributed by atoms with Crippen molar-refractivity contribution in [3.63, 3.8) is 0 Å².